The second-order valence-electron chi connectivity index (χ2n) is 4.21. The summed E-state index contributed by atoms with van der Waals surface area (Å²) in [6, 6.07) is 6.19. The molecule has 2 aromatic rings. The van der Waals surface area contributed by atoms with Gasteiger partial charge in [-0.2, -0.15) is 0 Å². The number of rotatable bonds is 4. The van der Waals surface area contributed by atoms with Crippen molar-refractivity contribution in [2.24, 2.45) is 5.73 Å². The van der Waals surface area contributed by atoms with E-state index in [1.54, 1.807) is 12.4 Å². The fourth-order valence-electron chi connectivity index (χ4n) is 1.93. The SMILES string of the molecule is CCc1cccc(C)c1Nc1nccnc1C(N)=S. The molecular weight excluding hydrogens is 256 g/mol. The molecule has 0 aliphatic carbocycles. The summed E-state index contributed by atoms with van der Waals surface area (Å²) in [6.07, 6.45) is 4.14. The van der Waals surface area contributed by atoms with Gasteiger partial charge in [-0.15, -0.1) is 0 Å². The van der Waals surface area contributed by atoms with Gasteiger partial charge in [-0.05, 0) is 24.5 Å². The van der Waals surface area contributed by atoms with Gasteiger partial charge in [0.25, 0.3) is 0 Å². The molecule has 0 saturated carbocycles. The molecule has 0 atom stereocenters. The van der Waals surface area contributed by atoms with Gasteiger partial charge in [-0.3, -0.25) is 0 Å². The van der Waals surface area contributed by atoms with Crippen LogP contribution in [0, 0.1) is 6.92 Å². The first-order valence-electron chi connectivity index (χ1n) is 6.09. The Bertz CT molecular complexity index is 610. The smallest absolute Gasteiger partial charge is 0.159 e. The third-order valence-electron chi connectivity index (χ3n) is 2.92. The van der Waals surface area contributed by atoms with Crippen molar-refractivity contribution in [3.8, 4) is 0 Å². The summed E-state index contributed by atoms with van der Waals surface area (Å²) in [4.78, 5) is 8.68. The number of hydrogen-bond acceptors (Lipinski definition) is 4. The quantitative estimate of drug-likeness (QED) is 0.838. The lowest BCUT2D eigenvalue weighted by Crippen LogP contribution is -2.15. The molecule has 0 saturated heterocycles. The molecule has 0 aliphatic rings. The van der Waals surface area contributed by atoms with Gasteiger partial charge in [0.15, 0.2) is 5.82 Å². The Balaban J connectivity index is 2.45. The van der Waals surface area contributed by atoms with Gasteiger partial charge in [-0.1, -0.05) is 37.3 Å². The first-order chi connectivity index (χ1) is 9.13. The van der Waals surface area contributed by atoms with E-state index in [2.05, 4.69) is 41.3 Å². The highest BCUT2D eigenvalue weighted by molar-refractivity contribution is 7.80. The Morgan fingerprint density at radius 2 is 2.05 bits per heavy atom. The second kappa shape index (κ2) is 5.75. The molecule has 4 nitrogen and oxygen atoms in total. The van der Waals surface area contributed by atoms with Crippen molar-refractivity contribution >= 4 is 28.7 Å². The van der Waals surface area contributed by atoms with Crippen LogP contribution in [-0.4, -0.2) is 15.0 Å². The number of nitrogens with one attached hydrogen (secondary N) is 1. The van der Waals surface area contributed by atoms with Crippen molar-refractivity contribution in [1.82, 2.24) is 9.97 Å². The third-order valence-corrected chi connectivity index (χ3v) is 3.11. The van der Waals surface area contributed by atoms with Crippen LogP contribution in [-0.2, 0) is 6.42 Å². The molecule has 0 amide bonds. The lowest BCUT2D eigenvalue weighted by molar-refractivity contribution is 1.12. The van der Waals surface area contributed by atoms with Gasteiger partial charge >= 0.3 is 0 Å². The van der Waals surface area contributed by atoms with E-state index in [1.807, 2.05) is 6.07 Å². The monoisotopic (exact) mass is 272 g/mol. The number of aryl methyl sites for hydroxylation is 2. The van der Waals surface area contributed by atoms with Crippen molar-refractivity contribution in [1.29, 1.82) is 0 Å². The van der Waals surface area contributed by atoms with E-state index in [4.69, 9.17) is 18.0 Å². The number of benzene rings is 1. The lowest BCUT2D eigenvalue weighted by Gasteiger charge is -2.14. The fourth-order valence-corrected chi connectivity index (χ4v) is 2.08. The second-order valence-corrected chi connectivity index (χ2v) is 4.65. The van der Waals surface area contributed by atoms with E-state index in [0.717, 1.165) is 17.7 Å². The van der Waals surface area contributed by atoms with Crippen LogP contribution in [0.5, 0.6) is 0 Å². The maximum atomic E-state index is 5.67. The normalized spacial score (nSPS) is 10.2. The number of anilines is 2. The molecule has 0 spiro atoms. The van der Waals surface area contributed by atoms with E-state index in [0.29, 0.717) is 11.5 Å². The summed E-state index contributed by atoms with van der Waals surface area (Å²) < 4.78 is 0. The molecule has 2 rings (SSSR count). The van der Waals surface area contributed by atoms with Crippen molar-refractivity contribution in [2.45, 2.75) is 20.3 Å². The van der Waals surface area contributed by atoms with Gasteiger partial charge < -0.3 is 11.1 Å². The summed E-state index contributed by atoms with van der Waals surface area (Å²) >= 11 is 5.00. The zero-order chi connectivity index (χ0) is 13.8. The maximum Gasteiger partial charge on any atom is 0.159 e. The standard InChI is InChI=1S/C14H16N4S/c1-3-10-6-4-5-9(2)11(10)18-14-12(13(15)19)16-7-8-17-14/h4-8H,3H2,1-2H3,(H2,15,19)(H,17,18). The molecule has 1 aromatic carbocycles. The Labute approximate surface area is 118 Å². The average Bonchev–Trinajstić information content (AvgIpc) is 2.41. The van der Waals surface area contributed by atoms with Gasteiger partial charge in [0.2, 0.25) is 0 Å². The summed E-state index contributed by atoms with van der Waals surface area (Å²) in [5.41, 5.74) is 9.60. The molecular formula is C14H16N4S. The predicted molar refractivity (Wildman–Crippen MR) is 81.8 cm³/mol. The Kier molecular flexibility index (Phi) is 4.06. The topological polar surface area (TPSA) is 63.8 Å². The molecule has 0 aliphatic heterocycles. The number of nitrogens with two attached hydrogens (primary N) is 1. The van der Waals surface area contributed by atoms with Crippen LogP contribution in [0.1, 0.15) is 23.7 Å². The molecule has 19 heavy (non-hydrogen) atoms. The van der Waals surface area contributed by atoms with Crippen LogP contribution < -0.4 is 11.1 Å². The van der Waals surface area contributed by atoms with Crippen LogP contribution >= 0.6 is 12.2 Å². The minimum absolute atomic E-state index is 0.238. The van der Waals surface area contributed by atoms with Crippen molar-refractivity contribution in [2.75, 3.05) is 5.32 Å². The summed E-state index contributed by atoms with van der Waals surface area (Å²) in [5.74, 6) is 0.596. The molecule has 3 N–H and O–H groups in total. The number of para-hydroxylation sites is 1. The Morgan fingerprint density at radius 1 is 1.32 bits per heavy atom. The summed E-state index contributed by atoms with van der Waals surface area (Å²) in [7, 11) is 0. The molecule has 98 valence electrons. The van der Waals surface area contributed by atoms with E-state index in [1.165, 1.54) is 5.56 Å². The van der Waals surface area contributed by atoms with E-state index < -0.39 is 0 Å². The predicted octanol–water partition coefficient (Wildman–Crippen LogP) is 2.73. The maximum absolute atomic E-state index is 5.67. The Morgan fingerprint density at radius 3 is 2.74 bits per heavy atom. The molecule has 0 bridgehead atoms. The minimum Gasteiger partial charge on any atom is -0.388 e. The highest BCUT2D eigenvalue weighted by Crippen LogP contribution is 2.25. The minimum atomic E-state index is 0.238. The van der Waals surface area contributed by atoms with Gasteiger partial charge in [0.1, 0.15) is 10.7 Å². The van der Waals surface area contributed by atoms with Gasteiger partial charge in [0.05, 0.1) is 0 Å². The zero-order valence-corrected chi connectivity index (χ0v) is 11.8. The van der Waals surface area contributed by atoms with Crippen molar-refractivity contribution in [3.05, 3.63) is 47.4 Å². The van der Waals surface area contributed by atoms with E-state index in [-0.39, 0.29) is 4.99 Å². The highest BCUT2D eigenvalue weighted by atomic mass is 32.1. The summed E-state index contributed by atoms with van der Waals surface area (Å²) in [6.45, 7) is 4.17. The molecule has 1 aromatic heterocycles. The van der Waals surface area contributed by atoms with Crippen LogP contribution in [0.4, 0.5) is 11.5 Å². The largest absolute Gasteiger partial charge is 0.388 e. The first kappa shape index (κ1) is 13.4. The zero-order valence-electron chi connectivity index (χ0n) is 11.0. The molecule has 0 fully saturated rings. The molecule has 5 heteroatoms. The molecule has 0 unspecified atom stereocenters. The summed E-state index contributed by atoms with van der Waals surface area (Å²) in [5, 5.41) is 3.30. The van der Waals surface area contributed by atoms with Crippen LogP contribution in [0.15, 0.2) is 30.6 Å². The molecule has 0 radical (unpaired) electrons. The Hall–Kier alpha value is -2.01. The number of nitrogens with zero attached hydrogens (tertiary/aromatic N) is 2. The fraction of sp³-hybridized carbons (Fsp3) is 0.214. The van der Waals surface area contributed by atoms with Crippen LogP contribution in [0.3, 0.4) is 0 Å². The number of thiocarbonyl (C=S) groups is 1. The first-order valence-corrected chi connectivity index (χ1v) is 6.50. The van der Waals surface area contributed by atoms with Crippen LogP contribution in [0.2, 0.25) is 0 Å². The third kappa shape index (κ3) is 2.88. The van der Waals surface area contributed by atoms with E-state index >= 15 is 0 Å². The van der Waals surface area contributed by atoms with Gasteiger partial charge in [-0.25, -0.2) is 9.97 Å². The van der Waals surface area contributed by atoms with E-state index in [9.17, 15) is 0 Å². The number of hydrogen-bond donors (Lipinski definition) is 2. The number of aromatic nitrogens is 2. The highest BCUT2D eigenvalue weighted by Gasteiger charge is 2.11. The van der Waals surface area contributed by atoms with Crippen molar-refractivity contribution < 1.29 is 0 Å². The average molecular weight is 272 g/mol. The molecule has 1 heterocycles. The van der Waals surface area contributed by atoms with Crippen molar-refractivity contribution in [3.63, 3.8) is 0 Å². The lowest BCUT2D eigenvalue weighted by atomic mass is 10.1. The van der Waals surface area contributed by atoms with Crippen LogP contribution in [0.25, 0.3) is 0 Å². The van der Waals surface area contributed by atoms with Gasteiger partial charge in [0, 0.05) is 18.1 Å².